The Bertz CT molecular complexity index is 366. The van der Waals surface area contributed by atoms with Crippen LogP contribution < -0.4 is 4.74 Å². The molecule has 0 bridgehead atoms. The van der Waals surface area contributed by atoms with Crippen molar-refractivity contribution in [2.24, 2.45) is 0 Å². The number of carbonyl (C=O) groups is 1. The van der Waals surface area contributed by atoms with Crippen LogP contribution in [0.5, 0.6) is 5.88 Å². The Balaban J connectivity index is 2.92. The molecular weight excluding hydrogens is 208 g/mol. The normalized spacial score (nSPS) is 12.5. The lowest BCUT2D eigenvalue weighted by Crippen LogP contribution is -2.14. The summed E-state index contributed by atoms with van der Waals surface area (Å²) in [5.74, 6) is -1.14. The number of hydrogen-bond donors (Lipinski definition) is 1. The number of hydrogen-bond acceptors (Lipinski definition) is 4. The largest absolute Gasteiger partial charge is 0.481 e. The highest BCUT2D eigenvalue weighted by atomic mass is 16.5. The predicted molar refractivity (Wildman–Crippen MR) is 58.5 cm³/mol. The number of rotatable bonds is 5. The molecule has 0 spiro atoms. The molecule has 1 heterocycles. The van der Waals surface area contributed by atoms with E-state index in [4.69, 9.17) is 9.84 Å². The average Bonchev–Trinajstić information content (AvgIpc) is 2.17. The summed E-state index contributed by atoms with van der Waals surface area (Å²) in [6.45, 7) is 5.56. The van der Waals surface area contributed by atoms with E-state index in [0.717, 1.165) is 0 Å². The van der Waals surface area contributed by atoms with Crippen LogP contribution in [0, 0.1) is 0 Å². The maximum absolute atomic E-state index is 11.0. The van der Waals surface area contributed by atoms with Gasteiger partial charge in [-0.3, -0.25) is 9.78 Å². The van der Waals surface area contributed by atoms with Crippen molar-refractivity contribution in [1.82, 2.24) is 9.97 Å². The summed E-state index contributed by atoms with van der Waals surface area (Å²) in [5.41, 5.74) is 0.438. The fourth-order valence-electron chi connectivity index (χ4n) is 1.34. The van der Waals surface area contributed by atoms with Gasteiger partial charge in [0.1, 0.15) is 5.92 Å². The molecule has 0 aliphatic heterocycles. The molecule has 0 aromatic carbocycles. The molecule has 1 aromatic rings. The molecule has 0 fully saturated rings. The zero-order valence-corrected chi connectivity index (χ0v) is 9.67. The molecule has 0 amide bonds. The zero-order chi connectivity index (χ0) is 12.1. The first-order valence-corrected chi connectivity index (χ1v) is 5.26. The topological polar surface area (TPSA) is 72.3 Å². The van der Waals surface area contributed by atoms with E-state index in [1.807, 2.05) is 13.8 Å². The minimum atomic E-state index is -0.890. The number of carboxylic acid groups (broad SMARTS) is 1. The van der Waals surface area contributed by atoms with Gasteiger partial charge in [-0.1, -0.05) is 6.92 Å². The summed E-state index contributed by atoms with van der Waals surface area (Å²) in [5, 5.41) is 8.99. The Labute approximate surface area is 94.5 Å². The Morgan fingerprint density at radius 3 is 2.69 bits per heavy atom. The van der Waals surface area contributed by atoms with Gasteiger partial charge in [0.05, 0.1) is 18.0 Å². The maximum atomic E-state index is 11.0. The van der Waals surface area contributed by atoms with E-state index < -0.39 is 11.9 Å². The molecule has 1 N–H and O–H groups in total. The van der Waals surface area contributed by atoms with E-state index in [2.05, 4.69) is 9.97 Å². The molecule has 88 valence electrons. The highest BCUT2D eigenvalue weighted by Crippen LogP contribution is 2.19. The molecule has 5 heteroatoms. The van der Waals surface area contributed by atoms with Gasteiger partial charge in [-0.2, -0.15) is 0 Å². The van der Waals surface area contributed by atoms with Gasteiger partial charge in [-0.05, 0) is 20.3 Å². The number of ether oxygens (including phenoxy) is 1. The fourth-order valence-corrected chi connectivity index (χ4v) is 1.34. The average molecular weight is 224 g/mol. The van der Waals surface area contributed by atoms with Gasteiger partial charge in [-0.25, -0.2) is 4.98 Å². The van der Waals surface area contributed by atoms with Crippen molar-refractivity contribution >= 4 is 5.97 Å². The molecule has 1 unspecified atom stereocenters. The lowest BCUT2D eigenvalue weighted by Gasteiger charge is -2.12. The van der Waals surface area contributed by atoms with Crippen LogP contribution in [-0.4, -0.2) is 27.1 Å². The Hall–Kier alpha value is -1.65. The van der Waals surface area contributed by atoms with Crippen molar-refractivity contribution < 1.29 is 14.6 Å². The van der Waals surface area contributed by atoms with Gasteiger partial charge in [0, 0.05) is 6.20 Å². The van der Waals surface area contributed by atoms with Gasteiger partial charge in [0.15, 0.2) is 0 Å². The summed E-state index contributed by atoms with van der Waals surface area (Å²) in [6.07, 6.45) is 3.43. The standard InChI is InChI=1S/C11H16N2O3/c1-4-8(11(14)15)9-5-12-6-10(13-9)16-7(2)3/h5-8H,4H2,1-3H3,(H,14,15). The third kappa shape index (κ3) is 3.18. The zero-order valence-electron chi connectivity index (χ0n) is 9.67. The van der Waals surface area contributed by atoms with Crippen molar-refractivity contribution in [3.05, 3.63) is 18.1 Å². The molecule has 0 radical (unpaired) electrons. The minimum Gasteiger partial charge on any atom is -0.481 e. The van der Waals surface area contributed by atoms with E-state index >= 15 is 0 Å². The van der Waals surface area contributed by atoms with E-state index in [1.54, 1.807) is 6.92 Å². The highest BCUT2D eigenvalue weighted by Gasteiger charge is 2.20. The summed E-state index contributed by atoms with van der Waals surface area (Å²) in [7, 11) is 0. The third-order valence-corrected chi connectivity index (χ3v) is 2.05. The fraction of sp³-hybridized carbons (Fsp3) is 0.545. The maximum Gasteiger partial charge on any atom is 0.312 e. The molecule has 0 saturated heterocycles. The smallest absolute Gasteiger partial charge is 0.312 e. The van der Waals surface area contributed by atoms with Crippen molar-refractivity contribution in [2.45, 2.75) is 39.2 Å². The van der Waals surface area contributed by atoms with Gasteiger partial charge in [0.2, 0.25) is 5.88 Å². The van der Waals surface area contributed by atoms with E-state index in [9.17, 15) is 4.79 Å². The van der Waals surface area contributed by atoms with Crippen LogP contribution in [-0.2, 0) is 4.79 Å². The first-order valence-electron chi connectivity index (χ1n) is 5.26. The summed E-state index contributed by atoms with van der Waals surface area (Å²) in [4.78, 5) is 19.0. The van der Waals surface area contributed by atoms with Gasteiger partial charge in [0.25, 0.3) is 0 Å². The lowest BCUT2D eigenvalue weighted by atomic mass is 10.0. The van der Waals surface area contributed by atoms with Gasteiger partial charge < -0.3 is 9.84 Å². The summed E-state index contributed by atoms with van der Waals surface area (Å²) >= 11 is 0. The molecule has 0 aliphatic carbocycles. The van der Waals surface area contributed by atoms with Crippen LogP contribution >= 0.6 is 0 Å². The van der Waals surface area contributed by atoms with Crippen LogP contribution in [0.2, 0.25) is 0 Å². The van der Waals surface area contributed by atoms with E-state index in [0.29, 0.717) is 18.0 Å². The predicted octanol–water partition coefficient (Wildman–Crippen LogP) is 1.84. The van der Waals surface area contributed by atoms with Gasteiger partial charge in [-0.15, -0.1) is 0 Å². The van der Waals surface area contributed by atoms with Crippen LogP contribution in [0.25, 0.3) is 0 Å². The van der Waals surface area contributed by atoms with E-state index in [-0.39, 0.29) is 6.10 Å². The monoisotopic (exact) mass is 224 g/mol. The van der Waals surface area contributed by atoms with Gasteiger partial charge >= 0.3 is 5.97 Å². The van der Waals surface area contributed by atoms with Crippen molar-refractivity contribution in [1.29, 1.82) is 0 Å². The molecule has 1 rings (SSSR count). The molecule has 5 nitrogen and oxygen atoms in total. The summed E-state index contributed by atoms with van der Waals surface area (Å²) in [6, 6.07) is 0. The number of nitrogens with zero attached hydrogens (tertiary/aromatic N) is 2. The number of aliphatic carboxylic acids is 1. The second-order valence-corrected chi connectivity index (χ2v) is 3.75. The second kappa shape index (κ2) is 5.44. The number of carboxylic acids is 1. The highest BCUT2D eigenvalue weighted by molar-refractivity contribution is 5.75. The third-order valence-electron chi connectivity index (χ3n) is 2.05. The van der Waals surface area contributed by atoms with Crippen LogP contribution in [0.4, 0.5) is 0 Å². The first-order chi connectivity index (χ1) is 7.54. The Kier molecular flexibility index (Phi) is 4.22. The molecule has 0 saturated carbocycles. The molecule has 1 aromatic heterocycles. The lowest BCUT2D eigenvalue weighted by molar-refractivity contribution is -0.138. The van der Waals surface area contributed by atoms with Crippen molar-refractivity contribution in [3.63, 3.8) is 0 Å². The Morgan fingerprint density at radius 2 is 2.19 bits per heavy atom. The number of aromatic nitrogens is 2. The van der Waals surface area contributed by atoms with Crippen LogP contribution in [0.15, 0.2) is 12.4 Å². The molecule has 16 heavy (non-hydrogen) atoms. The molecular formula is C11H16N2O3. The minimum absolute atomic E-state index is 0.00513. The second-order valence-electron chi connectivity index (χ2n) is 3.75. The Morgan fingerprint density at radius 1 is 1.50 bits per heavy atom. The van der Waals surface area contributed by atoms with Crippen LogP contribution in [0.1, 0.15) is 38.8 Å². The van der Waals surface area contributed by atoms with Crippen molar-refractivity contribution in [2.75, 3.05) is 0 Å². The summed E-state index contributed by atoms with van der Waals surface area (Å²) < 4.78 is 5.36. The quantitative estimate of drug-likeness (QED) is 0.826. The SMILES string of the molecule is CCC(C(=O)O)c1cncc(OC(C)C)n1. The van der Waals surface area contributed by atoms with E-state index in [1.165, 1.54) is 12.4 Å². The van der Waals surface area contributed by atoms with Crippen molar-refractivity contribution in [3.8, 4) is 5.88 Å². The molecule has 1 atom stereocenters. The first kappa shape index (κ1) is 12.4. The molecule has 0 aliphatic rings. The van der Waals surface area contributed by atoms with Crippen LogP contribution in [0.3, 0.4) is 0 Å².